The highest BCUT2D eigenvalue weighted by molar-refractivity contribution is 7.22. The van der Waals surface area contributed by atoms with Gasteiger partial charge in [-0.15, -0.1) is 0 Å². The van der Waals surface area contributed by atoms with Gasteiger partial charge in [0.05, 0.1) is 36.5 Å². The molecule has 0 spiro atoms. The summed E-state index contributed by atoms with van der Waals surface area (Å²) in [5.41, 5.74) is 1.94. The third kappa shape index (κ3) is 3.97. The van der Waals surface area contributed by atoms with Gasteiger partial charge in [-0.3, -0.25) is 9.69 Å². The third-order valence-corrected chi connectivity index (χ3v) is 5.68. The van der Waals surface area contributed by atoms with Crippen LogP contribution in [-0.2, 0) is 6.54 Å². The lowest BCUT2D eigenvalue weighted by atomic mass is 10.1. The summed E-state index contributed by atoms with van der Waals surface area (Å²) >= 11 is 1.27. The molecule has 1 aromatic heterocycles. The summed E-state index contributed by atoms with van der Waals surface area (Å²) in [6.45, 7) is 0.308. The Morgan fingerprint density at radius 2 is 1.83 bits per heavy atom. The van der Waals surface area contributed by atoms with E-state index in [0.29, 0.717) is 39.0 Å². The maximum atomic E-state index is 13.7. The molecular formula is C23H19FN2O3S. The molecule has 0 saturated carbocycles. The predicted octanol–water partition coefficient (Wildman–Crippen LogP) is 5.30. The summed E-state index contributed by atoms with van der Waals surface area (Å²) in [4.78, 5) is 19.8. The Balaban J connectivity index is 1.81. The zero-order chi connectivity index (χ0) is 21.1. The number of hydrogen-bond acceptors (Lipinski definition) is 5. The molecule has 7 heteroatoms. The minimum absolute atomic E-state index is 0.283. The van der Waals surface area contributed by atoms with Crippen LogP contribution in [0.1, 0.15) is 15.9 Å². The van der Waals surface area contributed by atoms with Crippen molar-refractivity contribution in [3.8, 4) is 11.5 Å². The largest absolute Gasteiger partial charge is 0.497 e. The SMILES string of the molecule is COc1ccc(OC)c(C(=O)N(Cc2ccccc2)c2nc3ccc(F)cc3s2)c1. The molecule has 0 atom stereocenters. The van der Waals surface area contributed by atoms with E-state index in [0.717, 1.165) is 5.56 Å². The zero-order valence-electron chi connectivity index (χ0n) is 16.5. The van der Waals surface area contributed by atoms with Gasteiger partial charge in [0.1, 0.15) is 17.3 Å². The summed E-state index contributed by atoms with van der Waals surface area (Å²) in [6, 6.07) is 19.1. The molecule has 0 radical (unpaired) electrons. The molecule has 0 aliphatic heterocycles. The van der Waals surface area contributed by atoms with E-state index in [9.17, 15) is 9.18 Å². The molecule has 0 saturated heterocycles. The van der Waals surface area contributed by atoms with Crippen LogP contribution in [0.2, 0.25) is 0 Å². The van der Waals surface area contributed by atoms with E-state index in [1.165, 1.54) is 30.6 Å². The van der Waals surface area contributed by atoms with Gasteiger partial charge in [0.2, 0.25) is 0 Å². The molecule has 0 unspecified atom stereocenters. The van der Waals surface area contributed by atoms with Crippen LogP contribution in [0.25, 0.3) is 10.2 Å². The summed E-state index contributed by atoms with van der Waals surface area (Å²) in [5, 5.41) is 0.481. The van der Waals surface area contributed by atoms with E-state index < -0.39 is 0 Å². The van der Waals surface area contributed by atoms with Gasteiger partial charge in [0.25, 0.3) is 5.91 Å². The molecule has 0 fully saturated rings. The van der Waals surface area contributed by atoms with Gasteiger partial charge in [-0.05, 0) is 42.0 Å². The molecule has 1 amide bonds. The molecule has 3 aromatic carbocycles. The fourth-order valence-corrected chi connectivity index (χ4v) is 4.11. The predicted molar refractivity (Wildman–Crippen MR) is 116 cm³/mol. The van der Waals surface area contributed by atoms with Crippen molar-refractivity contribution < 1.29 is 18.7 Å². The van der Waals surface area contributed by atoms with Gasteiger partial charge in [-0.1, -0.05) is 41.7 Å². The Labute approximate surface area is 177 Å². The molecular weight excluding hydrogens is 403 g/mol. The molecule has 0 aliphatic rings. The Hall–Kier alpha value is -3.45. The number of carbonyl (C=O) groups is 1. The number of benzene rings is 3. The number of hydrogen-bond donors (Lipinski definition) is 0. The van der Waals surface area contributed by atoms with Crippen molar-refractivity contribution in [2.75, 3.05) is 19.1 Å². The van der Waals surface area contributed by atoms with Crippen molar-refractivity contribution in [3.63, 3.8) is 0 Å². The van der Waals surface area contributed by atoms with Crippen LogP contribution in [0, 0.1) is 5.82 Å². The van der Waals surface area contributed by atoms with E-state index >= 15 is 0 Å². The van der Waals surface area contributed by atoms with Gasteiger partial charge >= 0.3 is 0 Å². The van der Waals surface area contributed by atoms with Crippen LogP contribution in [0.4, 0.5) is 9.52 Å². The van der Waals surface area contributed by atoms with Gasteiger partial charge in [-0.2, -0.15) is 0 Å². The highest BCUT2D eigenvalue weighted by Crippen LogP contribution is 2.33. The lowest BCUT2D eigenvalue weighted by Gasteiger charge is -2.21. The molecule has 152 valence electrons. The molecule has 0 bridgehead atoms. The van der Waals surface area contributed by atoms with Gasteiger partial charge in [-0.25, -0.2) is 9.37 Å². The van der Waals surface area contributed by atoms with E-state index in [4.69, 9.17) is 9.47 Å². The van der Waals surface area contributed by atoms with Crippen LogP contribution in [-0.4, -0.2) is 25.1 Å². The lowest BCUT2D eigenvalue weighted by molar-refractivity contribution is 0.0982. The van der Waals surface area contributed by atoms with Crippen molar-refractivity contribution in [2.45, 2.75) is 6.54 Å². The van der Waals surface area contributed by atoms with E-state index in [-0.39, 0.29) is 11.7 Å². The molecule has 0 N–H and O–H groups in total. The highest BCUT2D eigenvalue weighted by atomic mass is 32.1. The summed E-state index contributed by atoms with van der Waals surface area (Å²) in [6.07, 6.45) is 0. The van der Waals surface area contributed by atoms with Crippen molar-refractivity contribution in [1.29, 1.82) is 0 Å². The van der Waals surface area contributed by atoms with Crippen molar-refractivity contribution in [2.24, 2.45) is 0 Å². The monoisotopic (exact) mass is 422 g/mol. The third-order valence-electron chi connectivity index (χ3n) is 4.64. The molecule has 5 nitrogen and oxygen atoms in total. The summed E-state index contributed by atoms with van der Waals surface area (Å²) in [7, 11) is 3.06. The maximum Gasteiger partial charge on any atom is 0.264 e. The number of thiazole rings is 1. The zero-order valence-corrected chi connectivity index (χ0v) is 17.3. The molecule has 30 heavy (non-hydrogen) atoms. The smallest absolute Gasteiger partial charge is 0.264 e. The number of nitrogens with zero attached hydrogens (tertiary/aromatic N) is 2. The number of methoxy groups -OCH3 is 2. The van der Waals surface area contributed by atoms with Crippen LogP contribution < -0.4 is 14.4 Å². The minimum atomic E-state index is -0.340. The number of amides is 1. The van der Waals surface area contributed by atoms with Crippen molar-refractivity contribution in [3.05, 3.63) is 83.7 Å². The number of fused-ring (bicyclic) bond motifs is 1. The second-order valence-electron chi connectivity index (χ2n) is 6.55. The first-order valence-corrected chi connectivity index (χ1v) is 10.0. The quantitative estimate of drug-likeness (QED) is 0.423. The number of anilines is 1. The average Bonchev–Trinajstić information content (AvgIpc) is 3.20. The average molecular weight is 422 g/mol. The van der Waals surface area contributed by atoms with Gasteiger partial charge < -0.3 is 9.47 Å². The number of rotatable bonds is 6. The number of aromatic nitrogens is 1. The first-order chi connectivity index (χ1) is 14.6. The van der Waals surface area contributed by atoms with E-state index in [2.05, 4.69) is 4.98 Å². The molecule has 0 aliphatic carbocycles. The fraction of sp³-hybridized carbons (Fsp3) is 0.130. The minimum Gasteiger partial charge on any atom is -0.497 e. The Kier molecular flexibility index (Phi) is 5.63. The van der Waals surface area contributed by atoms with Crippen molar-refractivity contribution in [1.82, 2.24) is 4.98 Å². The number of halogens is 1. The summed E-state index contributed by atoms with van der Waals surface area (Å²) in [5.74, 6) is 0.360. The number of carbonyl (C=O) groups excluding carboxylic acids is 1. The van der Waals surface area contributed by atoms with E-state index in [1.54, 1.807) is 36.3 Å². The molecule has 1 heterocycles. The standard InChI is InChI=1S/C23H19FN2O3S/c1-28-17-9-11-20(29-2)18(13-17)22(27)26(14-15-6-4-3-5-7-15)23-25-19-10-8-16(24)12-21(19)30-23/h3-13H,14H2,1-2H3. The molecule has 4 rings (SSSR count). The van der Waals surface area contributed by atoms with E-state index in [1.807, 2.05) is 30.3 Å². The second kappa shape index (κ2) is 8.51. The van der Waals surface area contributed by atoms with Crippen LogP contribution in [0.15, 0.2) is 66.7 Å². The van der Waals surface area contributed by atoms with Gasteiger partial charge in [0, 0.05) is 0 Å². The Morgan fingerprint density at radius 1 is 1.03 bits per heavy atom. The first-order valence-electron chi connectivity index (χ1n) is 9.23. The highest BCUT2D eigenvalue weighted by Gasteiger charge is 2.25. The number of ether oxygens (including phenoxy) is 2. The van der Waals surface area contributed by atoms with Gasteiger partial charge in [0.15, 0.2) is 5.13 Å². The molecule has 4 aromatic rings. The summed E-state index contributed by atoms with van der Waals surface area (Å²) < 4.78 is 25.0. The Bertz CT molecular complexity index is 1190. The van der Waals surface area contributed by atoms with Crippen LogP contribution in [0.3, 0.4) is 0 Å². The fourth-order valence-electron chi connectivity index (χ4n) is 3.12. The van der Waals surface area contributed by atoms with Crippen molar-refractivity contribution >= 4 is 32.6 Å². The van der Waals surface area contributed by atoms with Crippen LogP contribution in [0.5, 0.6) is 11.5 Å². The lowest BCUT2D eigenvalue weighted by Crippen LogP contribution is -2.30. The normalized spacial score (nSPS) is 10.8. The second-order valence-corrected chi connectivity index (χ2v) is 7.56. The topological polar surface area (TPSA) is 51.7 Å². The van der Waals surface area contributed by atoms with Crippen LogP contribution >= 0.6 is 11.3 Å². The Morgan fingerprint density at radius 3 is 2.57 bits per heavy atom. The first kappa shape index (κ1) is 19.8. The maximum absolute atomic E-state index is 13.7.